The maximum atomic E-state index is 12.1. The summed E-state index contributed by atoms with van der Waals surface area (Å²) in [5.74, 6) is 0.730. The molecule has 20 heavy (non-hydrogen) atoms. The van der Waals surface area contributed by atoms with Crippen LogP contribution >= 0.6 is 12.2 Å². The number of para-hydroxylation sites is 2. The van der Waals surface area contributed by atoms with Crippen LogP contribution < -0.4 is 15.2 Å². The van der Waals surface area contributed by atoms with Gasteiger partial charge in [0.15, 0.2) is 5.11 Å². The first kappa shape index (κ1) is 14.3. The van der Waals surface area contributed by atoms with Gasteiger partial charge in [-0.1, -0.05) is 30.3 Å². The van der Waals surface area contributed by atoms with Gasteiger partial charge in [0.2, 0.25) is 0 Å². The highest BCUT2D eigenvalue weighted by Crippen LogP contribution is 2.28. The lowest BCUT2D eigenvalue weighted by atomic mass is 10.3. The van der Waals surface area contributed by atoms with Gasteiger partial charge in [-0.15, -0.1) is 0 Å². The molecule has 0 unspecified atom stereocenters. The van der Waals surface area contributed by atoms with Crippen molar-refractivity contribution < 1.29 is 13.2 Å². The molecule has 0 fully saturated rings. The van der Waals surface area contributed by atoms with E-state index >= 15 is 0 Å². The molecule has 5 nitrogen and oxygen atoms in total. The molecule has 0 radical (unpaired) electrons. The first-order valence-corrected chi connectivity index (χ1v) is 7.52. The molecule has 0 saturated heterocycles. The van der Waals surface area contributed by atoms with Crippen LogP contribution in [-0.2, 0) is 10.0 Å². The average molecular weight is 308 g/mol. The summed E-state index contributed by atoms with van der Waals surface area (Å²) in [6.07, 6.45) is 0. The summed E-state index contributed by atoms with van der Waals surface area (Å²) in [6.45, 7) is 0. The van der Waals surface area contributed by atoms with Crippen molar-refractivity contribution in [2.24, 2.45) is 5.73 Å². The molecule has 2 aromatic carbocycles. The molecule has 7 heteroatoms. The van der Waals surface area contributed by atoms with E-state index in [4.69, 9.17) is 10.5 Å². The van der Waals surface area contributed by atoms with Crippen LogP contribution in [0.1, 0.15) is 0 Å². The highest BCUT2D eigenvalue weighted by Gasteiger charge is 2.20. The van der Waals surface area contributed by atoms with Gasteiger partial charge in [-0.2, -0.15) is 0 Å². The number of hydrogen-bond acceptors (Lipinski definition) is 4. The average Bonchev–Trinajstić information content (AvgIpc) is 2.39. The molecule has 2 rings (SSSR count). The molecular formula is C13H12N2O3S2. The number of thiocarbonyl (C=S) groups is 1. The summed E-state index contributed by atoms with van der Waals surface area (Å²) in [7, 11) is -3.85. The first-order valence-electron chi connectivity index (χ1n) is 5.63. The fourth-order valence-electron chi connectivity index (χ4n) is 1.56. The summed E-state index contributed by atoms with van der Waals surface area (Å²) in [4.78, 5) is -0.0309. The predicted molar refractivity (Wildman–Crippen MR) is 80.1 cm³/mol. The summed E-state index contributed by atoms with van der Waals surface area (Å²) in [6, 6.07) is 15.1. The van der Waals surface area contributed by atoms with E-state index in [0.717, 1.165) is 0 Å². The van der Waals surface area contributed by atoms with Crippen molar-refractivity contribution in [1.29, 1.82) is 0 Å². The molecule has 0 aliphatic carbocycles. The summed E-state index contributed by atoms with van der Waals surface area (Å²) in [5.41, 5.74) is 5.22. The molecular weight excluding hydrogens is 296 g/mol. The Hall–Kier alpha value is -2.12. The Labute approximate surface area is 122 Å². The van der Waals surface area contributed by atoms with E-state index in [1.807, 2.05) is 6.07 Å². The second kappa shape index (κ2) is 5.89. The van der Waals surface area contributed by atoms with Gasteiger partial charge in [-0.05, 0) is 36.5 Å². The second-order valence-electron chi connectivity index (χ2n) is 3.83. The molecule has 0 bridgehead atoms. The van der Waals surface area contributed by atoms with E-state index in [-0.39, 0.29) is 15.8 Å². The van der Waals surface area contributed by atoms with E-state index < -0.39 is 10.0 Å². The number of rotatable bonds is 4. The minimum absolute atomic E-state index is 0.0309. The van der Waals surface area contributed by atoms with Crippen molar-refractivity contribution in [2.75, 3.05) is 0 Å². The fraction of sp³-hybridized carbons (Fsp3) is 0. The van der Waals surface area contributed by atoms with Gasteiger partial charge >= 0.3 is 0 Å². The molecule has 3 N–H and O–H groups in total. The minimum Gasteiger partial charge on any atom is -0.456 e. The summed E-state index contributed by atoms with van der Waals surface area (Å²) >= 11 is 4.56. The van der Waals surface area contributed by atoms with Crippen molar-refractivity contribution in [2.45, 2.75) is 4.90 Å². The van der Waals surface area contributed by atoms with E-state index in [2.05, 4.69) is 16.9 Å². The quantitative estimate of drug-likeness (QED) is 0.844. The van der Waals surface area contributed by atoms with Crippen molar-refractivity contribution in [3.63, 3.8) is 0 Å². The van der Waals surface area contributed by atoms with Gasteiger partial charge < -0.3 is 10.5 Å². The van der Waals surface area contributed by atoms with Gasteiger partial charge in [0.25, 0.3) is 10.0 Å². The zero-order chi connectivity index (χ0) is 14.6. The molecule has 0 spiro atoms. The van der Waals surface area contributed by atoms with Crippen LogP contribution in [0.25, 0.3) is 0 Å². The zero-order valence-electron chi connectivity index (χ0n) is 10.3. The maximum Gasteiger partial charge on any atom is 0.267 e. The minimum atomic E-state index is -3.85. The first-order chi connectivity index (χ1) is 9.49. The van der Waals surface area contributed by atoms with Crippen molar-refractivity contribution >= 4 is 27.4 Å². The number of nitrogens with one attached hydrogen (secondary N) is 1. The van der Waals surface area contributed by atoms with Crippen molar-refractivity contribution in [1.82, 2.24) is 4.72 Å². The zero-order valence-corrected chi connectivity index (χ0v) is 11.9. The SMILES string of the molecule is NC(=S)NS(=O)(=O)c1ccccc1Oc1ccccc1. The van der Waals surface area contributed by atoms with Crippen molar-refractivity contribution in [3.8, 4) is 11.5 Å². The lowest BCUT2D eigenvalue weighted by Gasteiger charge is -2.12. The molecule has 0 amide bonds. The van der Waals surface area contributed by atoms with Crippen LogP contribution in [0.5, 0.6) is 11.5 Å². The number of nitrogens with two attached hydrogens (primary N) is 1. The lowest BCUT2D eigenvalue weighted by molar-refractivity contribution is 0.467. The predicted octanol–water partition coefficient (Wildman–Crippen LogP) is 2.00. The third-order valence-electron chi connectivity index (χ3n) is 2.34. The van der Waals surface area contributed by atoms with E-state index in [1.165, 1.54) is 6.07 Å². The molecule has 0 atom stereocenters. The van der Waals surface area contributed by atoms with E-state index in [9.17, 15) is 8.42 Å². The molecule has 0 aromatic heterocycles. The Balaban J connectivity index is 2.39. The Morgan fingerprint density at radius 2 is 1.65 bits per heavy atom. The monoisotopic (exact) mass is 308 g/mol. The van der Waals surface area contributed by atoms with Gasteiger partial charge in [0.05, 0.1) is 0 Å². The van der Waals surface area contributed by atoms with Crippen LogP contribution in [-0.4, -0.2) is 13.5 Å². The standard InChI is InChI=1S/C13H12N2O3S2/c14-13(19)15-20(16,17)12-9-5-4-8-11(12)18-10-6-2-1-3-7-10/h1-9H,(H3,14,15,19). The molecule has 0 aliphatic rings. The Kier molecular flexibility index (Phi) is 4.21. The van der Waals surface area contributed by atoms with Gasteiger partial charge in [-0.25, -0.2) is 8.42 Å². The van der Waals surface area contributed by atoms with Gasteiger partial charge in [-0.3, -0.25) is 4.72 Å². The number of hydrogen-bond donors (Lipinski definition) is 2. The molecule has 0 aliphatic heterocycles. The van der Waals surface area contributed by atoms with Crippen LogP contribution in [0.3, 0.4) is 0 Å². The van der Waals surface area contributed by atoms with Crippen LogP contribution in [0.15, 0.2) is 59.5 Å². The highest BCUT2D eigenvalue weighted by molar-refractivity contribution is 7.92. The number of benzene rings is 2. The maximum absolute atomic E-state index is 12.1. The van der Waals surface area contributed by atoms with Crippen LogP contribution in [0.4, 0.5) is 0 Å². The Morgan fingerprint density at radius 1 is 1.05 bits per heavy atom. The van der Waals surface area contributed by atoms with Crippen LogP contribution in [0.2, 0.25) is 0 Å². The molecule has 2 aromatic rings. The van der Waals surface area contributed by atoms with Crippen LogP contribution in [0, 0.1) is 0 Å². The molecule has 0 heterocycles. The normalized spacial score (nSPS) is 10.8. The Morgan fingerprint density at radius 3 is 2.30 bits per heavy atom. The lowest BCUT2D eigenvalue weighted by Crippen LogP contribution is -2.34. The molecule has 0 saturated carbocycles. The third-order valence-corrected chi connectivity index (χ3v) is 3.98. The summed E-state index contributed by atoms with van der Waals surface area (Å²) in [5, 5.41) is -0.320. The molecule has 104 valence electrons. The summed E-state index contributed by atoms with van der Waals surface area (Å²) < 4.78 is 31.8. The van der Waals surface area contributed by atoms with E-state index in [1.54, 1.807) is 42.5 Å². The van der Waals surface area contributed by atoms with Gasteiger partial charge in [0.1, 0.15) is 16.4 Å². The smallest absolute Gasteiger partial charge is 0.267 e. The van der Waals surface area contributed by atoms with E-state index in [0.29, 0.717) is 5.75 Å². The highest BCUT2D eigenvalue weighted by atomic mass is 32.2. The van der Waals surface area contributed by atoms with Crippen molar-refractivity contribution in [3.05, 3.63) is 54.6 Å². The second-order valence-corrected chi connectivity index (χ2v) is 5.92. The number of ether oxygens (including phenoxy) is 1. The Bertz CT molecular complexity index is 715. The third kappa shape index (κ3) is 3.46. The topological polar surface area (TPSA) is 81.4 Å². The largest absolute Gasteiger partial charge is 0.456 e. The fourth-order valence-corrected chi connectivity index (χ4v) is 2.90. The number of sulfonamides is 1. The van der Waals surface area contributed by atoms with Gasteiger partial charge in [0, 0.05) is 0 Å².